The van der Waals surface area contributed by atoms with Crippen molar-refractivity contribution in [2.45, 2.75) is 0 Å². The normalized spacial score (nSPS) is 10.3. The first-order valence-electron chi connectivity index (χ1n) is 8.12. The van der Waals surface area contributed by atoms with E-state index in [2.05, 4.69) is 0 Å². The molecule has 0 aliphatic heterocycles. The van der Waals surface area contributed by atoms with E-state index in [0.29, 0.717) is 10.7 Å². The average molecular weight is 397 g/mol. The summed E-state index contributed by atoms with van der Waals surface area (Å²) < 4.78 is 10.3. The minimum absolute atomic E-state index is 0.172. The molecule has 0 aliphatic rings. The summed E-state index contributed by atoms with van der Waals surface area (Å²) in [6.45, 7) is -0.815. The number of nitrogens with zero attached hydrogens (tertiary/aromatic N) is 2. The van der Waals surface area contributed by atoms with E-state index < -0.39 is 23.9 Å². The Hall–Kier alpha value is -3.63. The maximum Gasteiger partial charge on any atom is 0.374 e. The number of para-hydroxylation sites is 1. The van der Waals surface area contributed by atoms with Crippen LogP contribution in [-0.2, 0) is 9.53 Å². The number of halogens is 1. The van der Waals surface area contributed by atoms with Crippen LogP contribution in [-0.4, -0.2) is 25.0 Å². The number of nitriles is 1. The highest BCUT2D eigenvalue weighted by atomic mass is 35.5. The molecule has 0 N–H and O–H groups in total. The van der Waals surface area contributed by atoms with Gasteiger partial charge in [-0.25, -0.2) is 4.79 Å². The van der Waals surface area contributed by atoms with Crippen molar-refractivity contribution in [3.05, 3.63) is 75.6 Å². The lowest BCUT2D eigenvalue weighted by atomic mass is 10.2. The van der Waals surface area contributed by atoms with Gasteiger partial charge in [-0.15, -0.1) is 0 Å². The van der Waals surface area contributed by atoms with Crippen molar-refractivity contribution in [3.63, 3.8) is 0 Å². The molecule has 0 fully saturated rings. The molecule has 7 nitrogen and oxygen atoms in total. The van der Waals surface area contributed by atoms with Crippen LogP contribution >= 0.6 is 11.6 Å². The van der Waals surface area contributed by atoms with E-state index in [1.54, 1.807) is 30.3 Å². The first-order valence-corrected chi connectivity index (χ1v) is 8.50. The molecule has 2 aromatic carbocycles. The molecule has 1 aromatic heterocycles. The zero-order chi connectivity index (χ0) is 20.1. The Bertz CT molecular complexity index is 1130. The quantitative estimate of drug-likeness (QED) is 0.485. The van der Waals surface area contributed by atoms with Crippen LogP contribution in [0.3, 0.4) is 0 Å². The molecule has 0 atom stereocenters. The molecule has 0 aliphatic carbocycles. The van der Waals surface area contributed by atoms with Gasteiger partial charge in [-0.1, -0.05) is 29.8 Å². The largest absolute Gasteiger partial charge is 0.450 e. The van der Waals surface area contributed by atoms with Crippen LogP contribution in [0.1, 0.15) is 10.6 Å². The standard InChI is InChI=1S/C20H13ClN2O5/c21-13-6-7-17-15(10-13)16(24)11-18(28-17)20(26)27-12-19(25)23(9-8-22)14-4-2-1-3-5-14/h1-7,10-11H,9,12H2. The van der Waals surface area contributed by atoms with Gasteiger partial charge < -0.3 is 9.15 Å². The number of carbonyl (C=O) groups is 2. The third-order valence-electron chi connectivity index (χ3n) is 3.81. The number of rotatable bonds is 5. The second-order valence-electron chi connectivity index (χ2n) is 5.67. The Balaban J connectivity index is 1.75. The van der Waals surface area contributed by atoms with Crippen LogP contribution in [0.5, 0.6) is 0 Å². The monoisotopic (exact) mass is 396 g/mol. The number of carbonyl (C=O) groups excluding carboxylic acids is 2. The summed E-state index contributed by atoms with van der Waals surface area (Å²) in [5, 5.41) is 9.53. The highest BCUT2D eigenvalue weighted by Crippen LogP contribution is 2.18. The molecule has 3 aromatic rings. The number of hydrogen-bond acceptors (Lipinski definition) is 6. The lowest BCUT2D eigenvalue weighted by Crippen LogP contribution is -2.35. The maximum atomic E-state index is 12.4. The van der Waals surface area contributed by atoms with E-state index in [1.807, 2.05) is 6.07 Å². The molecule has 0 unspecified atom stereocenters. The van der Waals surface area contributed by atoms with E-state index in [4.69, 9.17) is 26.0 Å². The van der Waals surface area contributed by atoms with Crippen molar-refractivity contribution in [2.75, 3.05) is 18.1 Å². The van der Waals surface area contributed by atoms with Gasteiger partial charge in [0.15, 0.2) is 12.0 Å². The predicted octanol–water partition coefficient (Wildman–Crippen LogP) is 3.16. The number of esters is 1. The number of anilines is 1. The zero-order valence-corrected chi connectivity index (χ0v) is 15.2. The second-order valence-corrected chi connectivity index (χ2v) is 6.10. The van der Waals surface area contributed by atoms with Crippen molar-refractivity contribution in [2.24, 2.45) is 0 Å². The minimum Gasteiger partial charge on any atom is -0.450 e. The summed E-state index contributed by atoms with van der Waals surface area (Å²) >= 11 is 5.85. The Morgan fingerprint density at radius 1 is 1.14 bits per heavy atom. The van der Waals surface area contributed by atoms with Gasteiger partial charge in [-0.3, -0.25) is 14.5 Å². The van der Waals surface area contributed by atoms with Gasteiger partial charge in [0.05, 0.1) is 11.5 Å². The van der Waals surface area contributed by atoms with Crippen molar-refractivity contribution in [3.8, 4) is 6.07 Å². The Labute approximate surface area is 164 Å². The summed E-state index contributed by atoms with van der Waals surface area (Å²) in [5.41, 5.74) is 0.210. The van der Waals surface area contributed by atoms with Crippen molar-refractivity contribution in [1.29, 1.82) is 5.26 Å². The van der Waals surface area contributed by atoms with Gasteiger partial charge in [0.25, 0.3) is 5.91 Å². The first-order chi connectivity index (χ1) is 13.5. The van der Waals surface area contributed by atoms with Gasteiger partial charge in [0, 0.05) is 16.8 Å². The fourth-order valence-electron chi connectivity index (χ4n) is 2.51. The molecule has 1 amide bonds. The Morgan fingerprint density at radius 2 is 1.89 bits per heavy atom. The number of benzene rings is 2. The molecule has 28 heavy (non-hydrogen) atoms. The van der Waals surface area contributed by atoms with Crippen LogP contribution in [0.4, 0.5) is 5.69 Å². The number of hydrogen-bond donors (Lipinski definition) is 0. The fraction of sp³-hybridized carbons (Fsp3) is 0.100. The second kappa shape index (κ2) is 8.37. The lowest BCUT2D eigenvalue weighted by Gasteiger charge is -2.19. The zero-order valence-electron chi connectivity index (χ0n) is 14.4. The van der Waals surface area contributed by atoms with Gasteiger partial charge >= 0.3 is 5.97 Å². The number of fused-ring (bicyclic) bond motifs is 1. The first kappa shape index (κ1) is 19.1. The van der Waals surface area contributed by atoms with Crippen LogP contribution in [0.25, 0.3) is 11.0 Å². The molecular weight excluding hydrogens is 384 g/mol. The molecule has 0 saturated heterocycles. The lowest BCUT2D eigenvalue weighted by molar-refractivity contribution is -0.121. The van der Waals surface area contributed by atoms with E-state index in [1.165, 1.54) is 23.1 Å². The highest BCUT2D eigenvalue weighted by molar-refractivity contribution is 6.31. The Kier molecular flexibility index (Phi) is 5.72. The van der Waals surface area contributed by atoms with E-state index in [-0.39, 0.29) is 23.3 Å². The molecule has 0 bridgehead atoms. The fourth-order valence-corrected chi connectivity index (χ4v) is 2.68. The third-order valence-corrected chi connectivity index (χ3v) is 4.05. The number of amides is 1. The van der Waals surface area contributed by atoms with E-state index >= 15 is 0 Å². The van der Waals surface area contributed by atoms with E-state index in [9.17, 15) is 14.4 Å². The minimum atomic E-state index is -0.965. The average Bonchev–Trinajstić information content (AvgIpc) is 2.71. The third kappa shape index (κ3) is 4.19. The van der Waals surface area contributed by atoms with Crippen LogP contribution in [0, 0.1) is 11.3 Å². The highest BCUT2D eigenvalue weighted by Gasteiger charge is 2.20. The predicted molar refractivity (Wildman–Crippen MR) is 102 cm³/mol. The molecule has 0 spiro atoms. The SMILES string of the molecule is N#CCN(C(=O)COC(=O)c1cc(=O)c2cc(Cl)ccc2o1)c1ccccc1. The molecule has 0 saturated carbocycles. The van der Waals surface area contributed by atoms with Gasteiger partial charge in [-0.05, 0) is 30.3 Å². The van der Waals surface area contributed by atoms with Gasteiger partial charge in [0.2, 0.25) is 5.76 Å². The van der Waals surface area contributed by atoms with Crippen molar-refractivity contribution < 1.29 is 18.7 Å². The summed E-state index contributed by atoms with van der Waals surface area (Å²) in [6.07, 6.45) is 0. The molecule has 0 radical (unpaired) electrons. The van der Waals surface area contributed by atoms with E-state index in [0.717, 1.165) is 6.07 Å². The van der Waals surface area contributed by atoms with Crippen molar-refractivity contribution >= 4 is 40.1 Å². The van der Waals surface area contributed by atoms with Crippen LogP contribution in [0.15, 0.2) is 63.8 Å². The van der Waals surface area contributed by atoms with Crippen LogP contribution in [0.2, 0.25) is 5.02 Å². The summed E-state index contributed by atoms with van der Waals surface area (Å²) in [5.74, 6) is -1.89. The Morgan fingerprint density at radius 3 is 2.61 bits per heavy atom. The molecule has 3 rings (SSSR count). The maximum absolute atomic E-state index is 12.4. The van der Waals surface area contributed by atoms with Crippen molar-refractivity contribution in [1.82, 2.24) is 0 Å². The van der Waals surface area contributed by atoms with Crippen LogP contribution < -0.4 is 10.3 Å². The molecule has 140 valence electrons. The van der Waals surface area contributed by atoms with Gasteiger partial charge in [0.1, 0.15) is 12.1 Å². The molecule has 8 heteroatoms. The number of ether oxygens (including phenoxy) is 1. The molecular formula is C20H13ClN2O5. The topological polar surface area (TPSA) is 101 Å². The molecule has 1 heterocycles. The summed E-state index contributed by atoms with van der Waals surface area (Å²) in [6, 6.07) is 15.8. The smallest absolute Gasteiger partial charge is 0.374 e. The summed E-state index contributed by atoms with van der Waals surface area (Å²) in [7, 11) is 0. The summed E-state index contributed by atoms with van der Waals surface area (Å²) in [4.78, 5) is 37.9. The van der Waals surface area contributed by atoms with Gasteiger partial charge in [-0.2, -0.15) is 5.26 Å².